The lowest BCUT2D eigenvalue weighted by Crippen LogP contribution is -2.46. The number of likely N-dealkylation sites (N-methyl/N-ethyl adjacent to an activating group) is 2. The molecular weight excluding hydrogens is 492 g/mol. The van der Waals surface area contributed by atoms with Crippen molar-refractivity contribution in [3.63, 3.8) is 0 Å². The highest BCUT2D eigenvalue weighted by Crippen LogP contribution is 2.31. The molecule has 2 N–H and O–H groups in total. The van der Waals surface area contributed by atoms with Crippen LogP contribution < -0.4 is 4.90 Å². The number of carbonyl (C=O) groups is 1. The standard InChI is InChI=1S/C30H34N6O3/c1-34-15-18-36(19-16-34)20-17-35(2)23-11-9-22(10-12-23)31-27(21-7-5-4-6-8-21)26-24-13-14-25(30(38)39-3)32-28(24)33-29(26)37/h4-14,37H,15-20H2,1-3H3,(H,32,33). The number of aliphatic imine (C=N–C) groups is 1. The average Bonchev–Trinajstić information content (AvgIpc) is 3.30. The van der Waals surface area contributed by atoms with Gasteiger partial charge in [-0.15, -0.1) is 0 Å². The maximum absolute atomic E-state index is 12.0. The number of H-pyrrole nitrogens is 1. The number of aromatic nitrogens is 2. The minimum absolute atomic E-state index is 0.0672. The fourth-order valence-electron chi connectivity index (χ4n) is 4.78. The van der Waals surface area contributed by atoms with Crippen LogP contribution in [0.15, 0.2) is 71.7 Å². The van der Waals surface area contributed by atoms with Gasteiger partial charge in [0.25, 0.3) is 0 Å². The van der Waals surface area contributed by atoms with E-state index in [1.54, 1.807) is 12.1 Å². The highest BCUT2D eigenvalue weighted by Gasteiger charge is 2.21. The lowest BCUT2D eigenvalue weighted by molar-refractivity contribution is 0.0594. The topological polar surface area (TPSA) is 97.3 Å². The number of hydrogen-bond donors (Lipinski definition) is 2. The molecule has 0 amide bonds. The van der Waals surface area contributed by atoms with E-state index in [0.29, 0.717) is 22.3 Å². The molecule has 9 heteroatoms. The number of methoxy groups -OCH3 is 1. The number of rotatable bonds is 8. The number of benzene rings is 2. The Hall–Kier alpha value is -4.21. The Morgan fingerprint density at radius 1 is 1.05 bits per heavy atom. The zero-order valence-corrected chi connectivity index (χ0v) is 22.6. The predicted octanol–water partition coefficient (Wildman–Crippen LogP) is 3.91. The highest BCUT2D eigenvalue weighted by molar-refractivity contribution is 6.21. The third-order valence-corrected chi connectivity index (χ3v) is 7.20. The van der Waals surface area contributed by atoms with E-state index in [2.05, 4.69) is 50.9 Å². The van der Waals surface area contributed by atoms with Crippen molar-refractivity contribution in [3.05, 3.63) is 83.6 Å². The van der Waals surface area contributed by atoms with Crippen LogP contribution in [0.5, 0.6) is 5.88 Å². The summed E-state index contributed by atoms with van der Waals surface area (Å²) in [5, 5.41) is 11.6. The maximum Gasteiger partial charge on any atom is 0.356 e. The normalized spacial score (nSPS) is 15.0. The first kappa shape index (κ1) is 26.4. The van der Waals surface area contributed by atoms with E-state index in [1.807, 2.05) is 42.5 Å². The van der Waals surface area contributed by atoms with Gasteiger partial charge in [0.2, 0.25) is 0 Å². The molecule has 0 aliphatic carbocycles. The minimum atomic E-state index is -0.543. The van der Waals surface area contributed by atoms with E-state index in [0.717, 1.165) is 56.2 Å². The Balaban J connectivity index is 1.42. The van der Waals surface area contributed by atoms with Gasteiger partial charge in [-0.3, -0.25) is 4.90 Å². The number of hydrogen-bond acceptors (Lipinski definition) is 8. The second-order valence-corrected chi connectivity index (χ2v) is 9.84. The van der Waals surface area contributed by atoms with Crippen LogP contribution in [-0.2, 0) is 4.74 Å². The Kier molecular flexibility index (Phi) is 7.90. The second-order valence-electron chi connectivity index (χ2n) is 9.84. The van der Waals surface area contributed by atoms with Crippen LogP contribution >= 0.6 is 0 Å². The van der Waals surface area contributed by atoms with E-state index in [9.17, 15) is 9.90 Å². The van der Waals surface area contributed by atoms with E-state index in [-0.39, 0.29) is 11.6 Å². The summed E-state index contributed by atoms with van der Waals surface area (Å²) in [5.41, 5.74) is 4.39. The Bertz CT molecular complexity index is 1460. The number of ether oxygens (including phenoxy) is 1. The third-order valence-electron chi connectivity index (χ3n) is 7.20. The number of aromatic amines is 1. The van der Waals surface area contributed by atoms with Crippen LogP contribution in [0.25, 0.3) is 11.0 Å². The molecular formula is C30H34N6O3. The van der Waals surface area contributed by atoms with Crippen LogP contribution in [0.4, 0.5) is 11.4 Å². The smallest absolute Gasteiger partial charge is 0.356 e. The number of fused-ring (bicyclic) bond motifs is 1. The molecule has 39 heavy (non-hydrogen) atoms. The molecule has 1 fully saturated rings. The van der Waals surface area contributed by atoms with Crippen LogP contribution in [0.3, 0.4) is 0 Å². The van der Waals surface area contributed by atoms with Gasteiger partial charge in [0, 0.05) is 63.0 Å². The van der Waals surface area contributed by atoms with Crippen LogP contribution in [0.1, 0.15) is 21.6 Å². The molecule has 4 aromatic rings. The molecule has 0 radical (unpaired) electrons. The number of carbonyl (C=O) groups excluding carboxylic acids is 1. The zero-order valence-electron chi connectivity index (χ0n) is 22.6. The summed E-state index contributed by atoms with van der Waals surface area (Å²) in [6.45, 7) is 6.45. The number of nitrogens with one attached hydrogen (secondary N) is 1. The van der Waals surface area contributed by atoms with Gasteiger partial charge >= 0.3 is 5.97 Å². The number of piperazine rings is 1. The molecule has 9 nitrogen and oxygen atoms in total. The van der Waals surface area contributed by atoms with Crippen molar-refractivity contribution in [2.45, 2.75) is 0 Å². The lowest BCUT2D eigenvalue weighted by atomic mass is 10.0. The molecule has 0 spiro atoms. The van der Waals surface area contributed by atoms with Gasteiger partial charge in [0.15, 0.2) is 11.6 Å². The summed E-state index contributed by atoms with van der Waals surface area (Å²) in [4.78, 5) is 31.3. The molecule has 0 saturated carbocycles. The highest BCUT2D eigenvalue weighted by atomic mass is 16.5. The third kappa shape index (κ3) is 5.94. The molecule has 0 unspecified atom stereocenters. The van der Waals surface area contributed by atoms with Crippen molar-refractivity contribution in [3.8, 4) is 5.88 Å². The number of pyridine rings is 1. The number of aromatic hydroxyl groups is 1. The SMILES string of the molecule is COC(=O)c1ccc2c(C(=Nc3ccc(N(C)CCN4CCN(C)CC4)cc3)c3ccccc3)c(O)[nH]c2n1. The van der Waals surface area contributed by atoms with Gasteiger partial charge < -0.3 is 24.6 Å². The van der Waals surface area contributed by atoms with Crippen molar-refractivity contribution < 1.29 is 14.6 Å². The quantitative estimate of drug-likeness (QED) is 0.265. The Morgan fingerprint density at radius 3 is 2.46 bits per heavy atom. The molecule has 1 aliphatic heterocycles. The van der Waals surface area contributed by atoms with E-state index in [4.69, 9.17) is 9.73 Å². The Labute approximate surface area is 228 Å². The van der Waals surface area contributed by atoms with E-state index in [1.165, 1.54) is 7.11 Å². The van der Waals surface area contributed by atoms with Crippen molar-refractivity contribution in [1.29, 1.82) is 0 Å². The largest absolute Gasteiger partial charge is 0.494 e. The molecule has 0 atom stereocenters. The molecule has 202 valence electrons. The summed E-state index contributed by atoms with van der Waals surface area (Å²) in [7, 11) is 5.60. The average molecular weight is 527 g/mol. The lowest BCUT2D eigenvalue weighted by Gasteiger charge is -2.33. The fraction of sp³-hybridized carbons (Fsp3) is 0.300. The van der Waals surface area contributed by atoms with Crippen molar-refractivity contribution in [2.24, 2.45) is 4.99 Å². The van der Waals surface area contributed by atoms with Gasteiger partial charge in [0.1, 0.15) is 5.65 Å². The van der Waals surface area contributed by atoms with Gasteiger partial charge in [0.05, 0.1) is 24.1 Å². The summed E-state index contributed by atoms with van der Waals surface area (Å²) in [6, 6.07) is 21.2. The maximum atomic E-state index is 12.0. The van der Waals surface area contributed by atoms with Gasteiger partial charge in [-0.25, -0.2) is 14.8 Å². The van der Waals surface area contributed by atoms with Gasteiger partial charge in [-0.2, -0.15) is 0 Å². The molecule has 1 aliphatic rings. The molecule has 0 bridgehead atoms. The first-order valence-electron chi connectivity index (χ1n) is 13.1. The number of esters is 1. The summed E-state index contributed by atoms with van der Waals surface area (Å²) in [5.74, 6) is -0.611. The number of anilines is 1. The predicted molar refractivity (Wildman–Crippen MR) is 154 cm³/mol. The fourth-order valence-corrected chi connectivity index (χ4v) is 4.78. The summed E-state index contributed by atoms with van der Waals surface area (Å²) >= 11 is 0. The van der Waals surface area contributed by atoms with Gasteiger partial charge in [-0.1, -0.05) is 30.3 Å². The van der Waals surface area contributed by atoms with Crippen LogP contribution in [0, 0.1) is 0 Å². The first-order valence-corrected chi connectivity index (χ1v) is 13.1. The second kappa shape index (κ2) is 11.7. The monoisotopic (exact) mass is 526 g/mol. The molecule has 2 aromatic heterocycles. The molecule has 3 heterocycles. The summed E-state index contributed by atoms with van der Waals surface area (Å²) < 4.78 is 4.79. The summed E-state index contributed by atoms with van der Waals surface area (Å²) in [6.07, 6.45) is 0. The van der Waals surface area contributed by atoms with Crippen molar-refractivity contribution in [2.75, 3.05) is 65.4 Å². The minimum Gasteiger partial charge on any atom is -0.494 e. The van der Waals surface area contributed by atoms with Crippen molar-refractivity contribution in [1.82, 2.24) is 19.8 Å². The molecule has 1 saturated heterocycles. The van der Waals surface area contributed by atoms with E-state index >= 15 is 0 Å². The Morgan fingerprint density at radius 2 is 1.77 bits per heavy atom. The number of nitrogens with zero attached hydrogens (tertiary/aromatic N) is 5. The van der Waals surface area contributed by atoms with E-state index < -0.39 is 5.97 Å². The van der Waals surface area contributed by atoms with Gasteiger partial charge in [-0.05, 0) is 43.4 Å². The van der Waals surface area contributed by atoms with Crippen molar-refractivity contribution >= 4 is 34.1 Å². The molecule has 5 rings (SSSR count). The molecule has 2 aromatic carbocycles. The zero-order chi connectivity index (χ0) is 27.4. The first-order chi connectivity index (χ1) is 18.9. The van der Waals surface area contributed by atoms with Crippen LogP contribution in [-0.4, -0.2) is 97.0 Å². The van der Waals surface area contributed by atoms with Crippen LogP contribution in [0.2, 0.25) is 0 Å².